The monoisotopic (exact) mass is 408 g/mol. The van der Waals surface area contributed by atoms with Crippen LogP contribution in [0.3, 0.4) is 0 Å². The van der Waals surface area contributed by atoms with E-state index in [2.05, 4.69) is 15.3 Å². The molecule has 3 rings (SSSR count). The van der Waals surface area contributed by atoms with E-state index in [0.29, 0.717) is 17.0 Å². The normalized spacial score (nSPS) is 10.7. The fraction of sp³-hybridized carbons (Fsp3) is 0.0500. The molecule has 0 bridgehead atoms. The van der Waals surface area contributed by atoms with Gasteiger partial charge in [-0.25, -0.2) is 0 Å². The molecule has 0 aliphatic carbocycles. The maximum Gasteiger partial charge on any atom is 0.395 e. The van der Waals surface area contributed by atoms with E-state index >= 15 is 0 Å². The number of amides is 1. The van der Waals surface area contributed by atoms with Crippen LogP contribution in [0.1, 0.15) is 11.4 Å². The van der Waals surface area contributed by atoms with Crippen molar-refractivity contribution < 1.29 is 19.6 Å². The van der Waals surface area contributed by atoms with Crippen molar-refractivity contribution in [3.8, 4) is 11.6 Å². The third-order valence-electron chi connectivity index (χ3n) is 3.83. The topological polar surface area (TPSA) is 147 Å². The second kappa shape index (κ2) is 9.15. The van der Waals surface area contributed by atoms with Crippen molar-refractivity contribution in [3.05, 3.63) is 86.5 Å². The summed E-state index contributed by atoms with van der Waals surface area (Å²) in [5.41, 5.74) is -0.896. The van der Waals surface area contributed by atoms with Crippen molar-refractivity contribution in [2.24, 2.45) is 0 Å². The van der Waals surface area contributed by atoms with Gasteiger partial charge >= 0.3 is 11.2 Å². The number of carbonyl (C=O) groups excluding carboxylic acids is 1. The molecule has 0 fully saturated rings. The lowest BCUT2D eigenvalue weighted by atomic mass is 10.2. The van der Waals surface area contributed by atoms with Crippen LogP contribution in [0, 0.1) is 10.1 Å². The molecular weight excluding hydrogens is 392 g/mol. The third-order valence-corrected chi connectivity index (χ3v) is 3.83. The van der Waals surface area contributed by atoms with Gasteiger partial charge in [-0.15, -0.1) is 0 Å². The molecule has 0 atom stereocenters. The molecule has 30 heavy (non-hydrogen) atoms. The van der Waals surface area contributed by atoms with Crippen LogP contribution in [0.15, 0.2) is 59.4 Å². The van der Waals surface area contributed by atoms with Gasteiger partial charge in [-0.1, -0.05) is 36.4 Å². The van der Waals surface area contributed by atoms with E-state index in [1.165, 1.54) is 12.2 Å². The number of hydrogen-bond donors (Lipinski definition) is 3. The fourth-order valence-corrected chi connectivity index (χ4v) is 2.50. The molecule has 2 aromatic carbocycles. The highest BCUT2D eigenvalue weighted by Crippen LogP contribution is 2.21. The number of ether oxygens (including phenoxy) is 1. The van der Waals surface area contributed by atoms with E-state index < -0.39 is 22.0 Å². The van der Waals surface area contributed by atoms with Crippen LogP contribution >= 0.6 is 0 Å². The molecule has 152 valence electrons. The van der Waals surface area contributed by atoms with E-state index in [9.17, 15) is 24.8 Å². The summed E-state index contributed by atoms with van der Waals surface area (Å²) < 4.78 is 5.56. The van der Waals surface area contributed by atoms with Crippen LogP contribution in [0.4, 0.5) is 11.4 Å². The smallest absolute Gasteiger partial charge is 0.395 e. The Morgan fingerprint density at radius 3 is 2.57 bits per heavy atom. The summed E-state index contributed by atoms with van der Waals surface area (Å²) in [6.45, 7) is -0.229. The van der Waals surface area contributed by atoms with Gasteiger partial charge < -0.3 is 20.1 Å². The average Bonchev–Trinajstić information content (AvgIpc) is 2.71. The van der Waals surface area contributed by atoms with Crippen molar-refractivity contribution in [1.82, 2.24) is 9.97 Å². The lowest BCUT2D eigenvalue weighted by molar-refractivity contribution is -0.387. The molecule has 0 aliphatic heterocycles. The SMILES string of the molecule is O=C(COc1ccccc1/C=C/c1nc(O)c([N+](=O)[O-])c(=O)[nH]1)Nc1ccccc1. The van der Waals surface area contributed by atoms with E-state index in [0.717, 1.165) is 0 Å². The van der Waals surface area contributed by atoms with Crippen LogP contribution < -0.4 is 15.6 Å². The highest BCUT2D eigenvalue weighted by Gasteiger charge is 2.21. The van der Waals surface area contributed by atoms with Crippen molar-refractivity contribution in [3.63, 3.8) is 0 Å². The maximum absolute atomic E-state index is 12.1. The number of carbonyl (C=O) groups is 1. The van der Waals surface area contributed by atoms with Crippen LogP contribution in [-0.4, -0.2) is 32.5 Å². The standard InChI is InChI=1S/C20H16N4O6/c25-17(21-14-7-2-1-3-8-14)12-30-15-9-5-4-6-13(15)10-11-16-22-19(26)18(24(28)29)20(27)23-16/h1-11H,12H2,(H,21,25)(H2,22,23,26,27)/b11-10+. The van der Waals surface area contributed by atoms with E-state index in [4.69, 9.17) is 4.74 Å². The van der Waals surface area contributed by atoms with Crippen LogP contribution in [0.2, 0.25) is 0 Å². The van der Waals surface area contributed by atoms with Gasteiger partial charge in [-0.3, -0.25) is 19.7 Å². The number of nitro groups is 1. The second-order valence-electron chi connectivity index (χ2n) is 5.95. The maximum atomic E-state index is 12.1. The molecule has 10 nitrogen and oxygen atoms in total. The Morgan fingerprint density at radius 1 is 1.17 bits per heavy atom. The molecule has 0 radical (unpaired) electrons. The molecule has 1 amide bonds. The van der Waals surface area contributed by atoms with Gasteiger partial charge in [-0.05, 0) is 30.4 Å². The number of aromatic hydroxyl groups is 1. The second-order valence-corrected chi connectivity index (χ2v) is 5.95. The van der Waals surface area contributed by atoms with E-state index in [-0.39, 0.29) is 18.3 Å². The highest BCUT2D eigenvalue weighted by molar-refractivity contribution is 5.91. The minimum Gasteiger partial charge on any atom is -0.488 e. The summed E-state index contributed by atoms with van der Waals surface area (Å²) in [5, 5.41) is 23.0. The zero-order valence-electron chi connectivity index (χ0n) is 15.4. The van der Waals surface area contributed by atoms with Gasteiger partial charge in [0.2, 0.25) is 0 Å². The number of H-pyrrole nitrogens is 1. The lowest BCUT2D eigenvalue weighted by Crippen LogP contribution is -2.20. The first-order valence-electron chi connectivity index (χ1n) is 8.66. The first-order chi connectivity index (χ1) is 14.4. The Balaban J connectivity index is 1.72. The molecule has 0 aliphatic rings. The number of para-hydroxylation sites is 2. The number of rotatable bonds is 7. The van der Waals surface area contributed by atoms with E-state index in [1.54, 1.807) is 48.5 Å². The third kappa shape index (κ3) is 5.07. The van der Waals surface area contributed by atoms with Crippen molar-refractivity contribution in [1.29, 1.82) is 0 Å². The Labute approximate surface area is 169 Å². The quantitative estimate of drug-likeness (QED) is 0.402. The minimum absolute atomic E-state index is 0.0836. The largest absolute Gasteiger partial charge is 0.488 e. The highest BCUT2D eigenvalue weighted by atomic mass is 16.6. The van der Waals surface area contributed by atoms with Gasteiger partial charge in [-0.2, -0.15) is 4.98 Å². The lowest BCUT2D eigenvalue weighted by Gasteiger charge is -2.09. The Kier molecular flexibility index (Phi) is 6.18. The molecule has 0 unspecified atom stereocenters. The molecule has 0 saturated heterocycles. The molecule has 10 heteroatoms. The number of aromatic amines is 1. The molecule has 0 spiro atoms. The molecule has 0 saturated carbocycles. The predicted molar refractivity (Wildman–Crippen MR) is 109 cm³/mol. The van der Waals surface area contributed by atoms with Gasteiger partial charge in [0.15, 0.2) is 6.61 Å². The predicted octanol–water partition coefficient (Wildman–Crippen LogP) is 2.57. The summed E-state index contributed by atoms with van der Waals surface area (Å²) >= 11 is 0. The van der Waals surface area contributed by atoms with Gasteiger partial charge in [0.1, 0.15) is 11.6 Å². The molecule has 3 aromatic rings. The van der Waals surface area contributed by atoms with Gasteiger partial charge in [0, 0.05) is 11.3 Å². The van der Waals surface area contributed by atoms with Gasteiger partial charge in [0.25, 0.3) is 11.8 Å². The minimum atomic E-state index is -1.07. The van der Waals surface area contributed by atoms with Crippen molar-refractivity contribution in [2.75, 3.05) is 11.9 Å². The summed E-state index contributed by atoms with van der Waals surface area (Å²) in [4.78, 5) is 39.3. The zero-order chi connectivity index (χ0) is 21.5. The Hall–Kier alpha value is -4.47. The number of nitrogens with zero attached hydrogens (tertiary/aromatic N) is 2. The average molecular weight is 408 g/mol. The summed E-state index contributed by atoms with van der Waals surface area (Å²) in [6, 6.07) is 15.7. The first-order valence-corrected chi connectivity index (χ1v) is 8.66. The molecular formula is C20H16N4O6. The summed E-state index contributed by atoms with van der Waals surface area (Å²) in [7, 11) is 0. The zero-order valence-corrected chi connectivity index (χ0v) is 15.4. The summed E-state index contributed by atoms with van der Waals surface area (Å²) in [6.07, 6.45) is 2.87. The molecule has 1 aromatic heterocycles. The summed E-state index contributed by atoms with van der Waals surface area (Å²) in [5.74, 6) is -1.01. The number of aromatic nitrogens is 2. The van der Waals surface area contributed by atoms with Gasteiger partial charge in [0.05, 0.1) is 4.92 Å². The number of benzene rings is 2. The number of anilines is 1. The number of nitrogens with one attached hydrogen (secondary N) is 2. The van der Waals surface area contributed by atoms with Crippen LogP contribution in [0.25, 0.3) is 12.2 Å². The number of hydrogen-bond acceptors (Lipinski definition) is 7. The molecule has 3 N–H and O–H groups in total. The van der Waals surface area contributed by atoms with Crippen LogP contribution in [-0.2, 0) is 4.79 Å². The van der Waals surface area contributed by atoms with Crippen molar-refractivity contribution in [2.45, 2.75) is 0 Å². The Morgan fingerprint density at radius 2 is 1.87 bits per heavy atom. The van der Waals surface area contributed by atoms with Crippen LogP contribution in [0.5, 0.6) is 11.6 Å². The first kappa shape index (κ1) is 20.3. The van der Waals surface area contributed by atoms with Crippen molar-refractivity contribution >= 4 is 29.4 Å². The fourth-order valence-electron chi connectivity index (χ4n) is 2.50. The molecule has 1 heterocycles. The van der Waals surface area contributed by atoms with E-state index in [1.807, 2.05) is 6.07 Å². The Bertz CT molecular complexity index is 1160.